The Morgan fingerprint density at radius 3 is 2.59 bits per heavy atom. The van der Waals surface area contributed by atoms with Gasteiger partial charge in [-0.25, -0.2) is 4.98 Å². The molecule has 3 N–H and O–H groups in total. The molecular weight excluding hydrogens is 390 g/mol. The molecule has 0 atom stereocenters. The topological polar surface area (TPSA) is 90.9 Å². The number of rotatable bonds is 8. The van der Waals surface area contributed by atoms with Gasteiger partial charge < -0.3 is 20.0 Å². The molecule has 0 spiro atoms. The standard InChI is InChI=1S/C22H24ClN3O3/c1-2-3-7-21-25-22(23)19(14-27)26(21)13-15-8-10-16(11-9-15)17-5-4-6-20(28)18(17)12-24-29/h4-6,8-12,27-29H,2-3,7,13-14H2,1H3/b24-12+. The van der Waals surface area contributed by atoms with Crippen LogP contribution in [0.5, 0.6) is 5.75 Å². The summed E-state index contributed by atoms with van der Waals surface area (Å²) in [7, 11) is 0. The van der Waals surface area contributed by atoms with Crippen LogP contribution in [0.3, 0.4) is 0 Å². The van der Waals surface area contributed by atoms with Crippen molar-refractivity contribution in [1.29, 1.82) is 0 Å². The van der Waals surface area contributed by atoms with E-state index in [1.165, 1.54) is 6.21 Å². The molecule has 0 fully saturated rings. The van der Waals surface area contributed by atoms with E-state index >= 15 is 0 Å². The number of aliphatic hydroxyl groups is 1. The summed E-state index contributed by atoms with van der Waals surface area (Å²) in [6.45, 7) is 2.51. The van der Waals surface area contributed by atoms with Crippen molar-refractivity contribution in [2.45, 2.75) is 39.3 Å². The Balaban J connectivity index is 1.90. The van der Waals surface area contributed by atoms with E-state index in [-0.39, 0.29) is 12.4 Å². The Morgan fingerprint density at radius 1 is 1.17 bits per heavy atom. The molecule has 2 aromatic carbocycles. The maximum atomic E-state index is 10.0. The zero-order valence-corrected chi connectivity index (χ0v) is 17.0. The van der Waals surface area contributed by atoms with Crippen molar-refractivity contribution < 1.29 is 15.4 Å². The zero-order valence-electron chi connectivity index (χ0n) is 16.2. The van der Waals surface area contributed by atoms with Crippen molar-refractivity contribution in [1.82, 2.24) is 9.55 Å². The second-order valence-corrected chi connectivity index (χ2v) is 7.15. The zero-order chi connectivity index (χ0) is 20.8. The van der Waals surface area contributed by atoms with Crippen LogP contribution in [-0.4, -0.2) is 31.2 Å². The Hall–Kier alpha value is -2.83. The number of imidazole rings is 1. The van der Waals surface area contributed by atoms with Gasteiger partial charge in [0.1, 0.15) is 11.6 Å². The number of phenolic OH excluding ortho intramolecular Hbond substituents is 1. The van der Waals surface area contributed by atoms with Gasteiger partial charge in [-0.05, 0) is 29.2 Å². The third-order valence-corrected chi connectivity index (χ3v) is 5.18. The number of unbranched alkanes of at least 4 members (excludes halogenated alkanes) is 1. The number of aromatic hydroxyl groups is 1. The highest BCUT2D eigenvalue weighted by Gasteiger charge is 2.15. The van der Waals surface area contributed by atoms with E-state index in [9.17, 15) is 10.2 Å². The quantitative estimate of drug-likeness (QED) is 0.286. The number of phenols is 1. The third-order valence-electron chi connectivity index (χ3n) is 4.88. The van der Waals surface area contributed by atoms with Crippen LogP contribution in [-0.2, 0) is 19.6 Å². The molecule has 3 rings (SSSR count). The number of hydrogen-bond donors (Lipinski definition) is 3. The first-order chi connectivity index (χ1) is 14.1. The summed E-state index contributed by atoms with van der Waals surface area (Å²) >= 11 is 6.21. The lowest BCUT2D eigenvalue weighted by atomic mass is 9.98. The van der Waals surface area contributed by atoms with Crippen LogP contribution in [0.25, 0.3) is 11.1 Å². The number of aromatic nitrogens is 2. The van der Waals surface area contributed by atoms with Gasteiger partial charge in [0.15, 0.2) is 5.15 Å². The molecule has 152 valence electrons. The summed E-state index contributed by atoms with van der Waals surface area (Å²) in [6.07, 6.45) is 4.09. The molecule has 1 aromatic heterocycles. The predicted octanol–water partition coefficient (Wildman–Crippen LogP) is 4.60. The number of aliphatic hydroxyl groups excluding tert-OH is 1. The minimum Gasteiger partial charge on any atom is -0.507 e. The largest absolute Gasteiger partial charge is 0.507 e. The molecule has 0 radical (unpaired) electrons. The summed E-state index contributed by atoms with van der Waals surface area (Å²) in [5, 5.41) is 32.0. The summed E-state index contributed by atoms with van der Waals surface area (Å²) in [6, 6.07) is 13.0. The Bertz CT molecular complexity index is 997. The minimum absolute atomic E-state index is 0.0468. The smallest absolute Gasteiger partial charge is 0.152 e. The van der Waals surface area contributed by atoms with Crippen molar-refractivity contribution >= 4 is 17.8 Å². The van der Waals surface area contributed by atoms with Gasteiger partial charge in [-0.2, -0.15) is 0 Å². The molecule has 0 aliphatic carbocycles. The molecule has 0 unspecified atom stereocenters. The van der Waals surface area contributed by atoms with Gasteiger partial charge in [-0.15, -0.1) is 0 Å². The summed E-state index contributed by atoms with van der Waals surface area (Å²) < 4.78 is 1.98. The lowest BCUT2D eigenvalue weighted by Gasteiger charge is -2.12. The number of oxime groups is 1. The summed E-state index contributed by atoms with van der Waals surface area (Å²) in [4.78, 5) is 4.42. The maximum Gasteiger partial charge on any atom is 0.152 e. The molecule has 29 heavy (non-hydrogen) atoms. The first-order valence-corrected chi connectivity index (χ1v) is 9.90. The van der Waals surface area contributed by atoms with Crippen molar-refractivity contribution in [3.8, 4) is 16.9 Å². The van der Waals surface area contributed by atoms with Crippen molar-refractivity contribution in [3.63, 3.8) is 0 Å². The van der Waals surface area contributed by atoms with Crippen molar-refractivity contribution in [2.75, 3.05) is 0 Å². The number of hydrogen-bond acceptors (Lipinski definition) is 5. The van der Waals surface area contributed by atoms with Crippen molar-refractivity contribution in [3.05, 3.63) is 70.3 Å². The second-order valence-electron chi connectivity index (χ2n) is 6.79. The summed E-state index contributed by atoms with van der Waals surface area (Å²) in [5.41, 5.74) is 3.76. The van der Waals surface area contributed by atoms with E-state index in [1.807, 2.05) is 34.9 Å². The molecule has 1 heterocycles. The fraction of sp³-hybridized carbons (Fsp3) is 0.273. The monoisotopic (exact) mass is 413 g/mol. The molecule has 6 nitrogen and oxygen atoms in total. The summed E-state index contributed by atoms with van der Waals surface area (Å²) in [5.74, 6) is 0.921. The van der Waals surface area contributed by atoms with Gasteiger partial charge >= 0.3 is 0 Å². The third kappa shape index (κ3) is 4.60. The van der Waals surface area contributed by atoms with Gasteiger partial charge in [0.05, 0.1) is 18.5 Å². The van der Waals surface area contributed by atoms with Gasteiger partial charge in [0.25, 0.3) is 0 Å². The minimum atomic E-state index is -0.164. The Kier molecular flexibility index (Phi) is 6.90. The number of benzene rings is 2. The Morgan fingerprint density at radius 2 is 1.93 bits per heavy atom. The SMILES string of the molecule is CCCCc1nc(Cl)c(CO)n1Cc1ccc(-c2cccc(O)c2/C=N/O)cc1. The molecular formula is C22H24ClN3O3. The van der Waals surface area contributed by atoms with Gasteiger partial charge in [-0.3, -0.25) is 0 Å². The number of aryl methyl sites for hydroxylation is 1. The molecule has 3 aromatic rings. The van der Waals surface area contributed by atoms with Gasteiger partial charge in [0.2, 0.25) is 0 Å². The molecule has 0 aliphatic rings. The maximum absolute atomic E-state index is 10.0. The van der Waals surface area contributed by atoms with Crippen LogP contribution < -0.4 is 0 Å². The second kappa shape index (κ2) is 9.58. The normalized spacial score (nSPS) is 11.4. The van der Waals surface area contributed by atoms with Gasteiger partial charge in [-0.1, -0.05) is 66.5 Å². The Labute approximate surface area is 174 Å². The molecule has 7 heteroatoms. The average molecular weight is 414 g/mol. The molecule has 0 bridgehead atoms. The van der Waals surface area contributed by atoms with Crippen LogP contribution in [0, 0.1) is 0 Å². The van der Waals surface area contributed by atoms with E-state index < -0.39 is 0 Å². The number of halogens is 1. The fourth-order valence-corrected chi connectivity index (χ4v) is 3.60. The molecule has 0 saturated heterocycles. The first-order valence-electron chi connectivity index (χ1n) is 9.52. The van der Waals surface area contributed by atoms with Crippen LogP contribution in [0.2, 0.25) is 5.15 Å². The van der Waals surface area contributed by atoms with E-state index in [0.717, 1.165) is 41.8 Å². The highest BCUT2D eigenvalue weighted by Crippen LogP contribution is 2.29. The predicted molar refractivity (Wildman–Crippen MR) is 114 cm³/mol. The first kappa shape index (κ1) is 20.9. The fourth-order valence-electron chi connectivity index (χ4n) is 3.34. The highest BCUT2D eigenvalue weighted by molar-refractivity contribution is 6.30. The van der Waals surface area contributed by atoms with E-state index in [0.29, 0.717) is 23.0 Å². The van der Waals surface area contributed by atoms with Crippen LogP contribution in [0.15, 0.2) is 47.6 Å². The highest BCUT2D eigenvalue weighted by atomic mass is 35.5. The van der Waals surface area contributed by atoms with E-state index in [4.69, 9.17) is 16.8 Å². The average Bonchev–Trinajstić information content (AvgIpc) is 3.02. The van der Waals surface area contributed by atoms with Crippen LogP contribution in [0.4, 0.5) is 0 Å². The lowest BCUT2D eigenvalue weighted by molar-refractivity contribution is 0.271. The number of nitrogens with zero attached hydrogens (tertiary/aromatic N) is 3. The van der Waals surface area contributed by atoms with Crippen LogP contribution >= 0.6 is 11.6 Å². The van der Waals surface area contributed by atoms with Crippen LogP contribution in [0.1, 0.15) is 42.4 Å². The molecule has 0 aliphatic heterocycles. The lowest BCUT2D eigenvalue weighted by Crippen LogP contribution is -2.09. The van der Waals surface area contributed by atoms with Gasteiger partial charge in [0, 0.05) is 18.5 Å². The van der Waals surface area contributed by atoms with E-state index in [1.54, 1.807) is 12.1 Å². The molecule has 0 saturated carbocycles. The van der Waals surface area contributed by atoms with E-state index in [2.05, 4.69) is 17.1 Å². The van der Waals surface area contributed by atoms with Crippen molar-refractivity contribution in [2.24, 2.45) is 5.16 Å². The molecule has 0 amide bonds.